The zero-order valence-electron chi connectivity index (χ0n) is 9.34. The lowest BCUT2D eigenvalue weighted by Crippen LogP contribution is -2.33. The van der Waals surface area contributed by atoms with Crippen LogP contribution in [0.15, 0.2) is 36.5 Å². The molecule has 17 heavy (non-hydrogen) atoms. The highest BCUT2D eigenvalue weighted by molar-refractivity contribution is 6.00. The molecule has 3 rings (SSSR count). The van der Waals surface area contributed by atoms with Crippen LogP contribution in [0.5, 0.6) is 0 Å². The summed E-state index contributed by atoms with van der Waals surface area (Å²) in [5.41, 5.74) is 7.56. The van der Waals surface area contributed by atoms with Gasteiger partial charge >= 0.3 is 0 Å². The second-order valence-electron chi connectivity index (χ2n) is 4.27. The summed E-state index contributed by atoms with van der Waals surface area (Å²) in [7, 11) is 0. The van der Waals surface area contributed by atoms with Gasteiger partial charge in [0.15, 0.2) is 0 Å². The van der Waals surface area contributed by atoms with Crippen molar-refractivity contribution < 1.29 is 4.79 Å². The van der Waals surface area contributed by atoms with Gasteiger partial charge in [0.1, 0.15) is 0 Å². The van der Waals surface area contributed by atoms with Gasteiger partial charge in [-0.1, -0.05) is 6.07 Å². The van der Waals surface area contributed by atoms with Crippen LogP contribution >= 0.6 is 0 Å². The Hall–Kier alpha value is -1.94. The van der Waals surface area contributed by atoms with Crippen molar-refractivity contribution in [1.29, 1.82) is 0 Å². The van der Waals surface area contributed by atoms with Crippen LogP contribution in [0.3, 0.4) is 0 Å². The molecular weight excluding hydrogens is 214 g/mol. The number of carbonyl (C=O) groups excluding carboxylic acids is 1. The molecule has 0 saturated carbocycles. The first-order chi connectivity index (χ1) is 8.25. The Kier molecular flexibility index (Phi) is 2.30. The molecule has 1 aliphatic rings. The van der Waals surface area contributed by atoms with Gasteiger partial charge in [-0.25, -0.2) is 0 Å². The third-order valence-corrected chi connectivity index (χ3v) is 3.15. The first-order valence-electron chi connectivity index (χ1n) is 5.67. The topological polar surface area (TPSA) is 59.2 Å². The van der Waals surface area contributed by atoms with E-state index in [1.54, 1.807) is 11.1 Å². The molecule has 0 radical (unpaired) electrons. The molecule has 1 aliphatic heterocycles. The lowest BCUT2D eigenvalue weighted by Gasteiger charge is -2.16. The SMILES string of the molecule is NC1CCN(c2ccc3ncccc3c2)C1=O. The number of hydrogen-bond donors (Lipinski definition) is 1. The van der Waals surface area contributed by atoms with Gasteiger partial charge in [-0.3, -0.25) is 9.78 Å². The van der Waals surface area contributed by atoms with Crippen LogP contribution in [-0.4, -0.2) is 23.5 Å². The third kappa shape index (κ3) is 1.66. The van der Waals surface area contributed by atoms with Crippen LogP contribution in [0.1, 0.15) is 6.42 Å². The van der Waals surface area contributed by atoms with Crippen LogP contribution in [0, 0.1) is 0 Å². The zero-order chi connectivity index (χ0) is 11.8. The average molecular weight is 227 g/mol. The van der Waals surface area contributed by atoms with Gasteiger partial charge in [-0.15, -0.1) is 0 Å². The summed E-state index contributed by atoms with van der Waals surface area (Å²) in [6, 6.07) is 9.38. The minimum atomic E-state index is -0.348. The van der Waals surface area contributed by atoms with Crippen molar-refractivity contribution in [2.24, 2.45) is 5.73 Å². The number of fused-ring (bicyclic) bond motifs is 1. The molecule has 1 fully saturated rings. The molecule has 1 aromatic carbocycles. The van der Waals surface area contributed by atoms with Crippen molar-refractivity contribution in [3.05, 3.63) is 36.5 Å². The van der Waals surface area contributed by atoms with Crippen molar-refractivity contribution in [2.75, 3.05) is 11.4 Å². The van der Waals surface area contributed by atoms with Crippen LogP contribution in [-0.2, 0) is 4.79 Å². The van der Waals surface area contributed by atoms with Crippen molar-refractivity contribution in [3.63, 3.8) is 0 Å². The number of anilines is 1. The van der Waals surface area contributed by atoms with E-state index in [9.17, 15) is 4.79 Å². The summed E-state index contributed by atoms with van der Waals surface area (Å²) in [6.45, 7) is 0.700. The molecule has 1 saturated heterocycles. The van der Waals surface area contributed by atoms with Crippen molar-refractivity contribution in [2.45, 2.75) is 12.5 Å². The molecular formula is C13H13N3O. The number of rotatable bonds is 1. The highest BCUT2D eigenvalue weighted by atomic mass is 16.2. The Morgan fingerprint density at radius 2 is 2.24 bits per heavy atom. The van der Waals surface area contributed by atoms with Crippen LogP contribution in [0.2, 0.25) is 0 Å². The highest BCUT2D eigenvalue weighted by Gasteiger charge is 2.29. The van der Waals surface area contributed by atoms with Gasteiger partial charge in [0.05, 0.1) is 11.6 Å². The molecule has 2 N–H and O–H groups in total. The Morgan fingerprint density at radius 3 is 3.00 bits per heavy atom. The number of amides is 1. The zero-order valence-corrected chi connectivity index (χ0v) is 9.34. The Morgan fingerprint density at radius 1 is 1.35 bits per heavy atom. The minimum absolute atomic E-state index is 0.00763. The van der Waals surface area contributed by atoms with E-state index in [4.69, 9.17) is 5.73 Å². The molecule has 2 heterocycles. The van der Waals surface area contributed by atoms with Crippen molar-refractivity contribution in [3.8, 4) is 0 Å². The first kappa shape index (κ1) is 10.2. The summed E-state index contributed by atoms with van der Waals surface area (Å²) in [6.07, 6.45) is 2.49. The van der Waals surface area contributed by atoms with E-state index in [1.807, 2.05) is 30.3 Å². The maximum Gasteiger partial charge on any atom is 0.243 e. The maximum atomic E-state index is 11.8. The van der Waals surface area contributed by atoms with E-state index in [0.29, 0.717) is 6.54 Å². The van der Waals surface area contributed by atoms with Crippen LogP contribution < -0.4 is 10.6 Å². The standard InChI is InChI=1S/C13H13N3O/c14-11-5-7-16(13(11)17)10-3-4-12-9(8-10)2-1-6-15-12/h1-4,6,8,11H,5,7,14H2. The Labute approximate surface area is 99.0 Å². The lowest BCUT2D eigenvalue weighted by atomic mass is 10.2. The van der Waals surface area contributed by atoms with Gasteiger partial charge in [0, 0.05) is 23.8 Å². The molecule has 4 heteroatoms. The quantitative estimate of drug-likeness (QED) is 0.798. The fourth-order valence-corrected chi connectivity index (χ4v) is 2.19. The Balaban J connectivity index is 2.04. The second-order valence-corrected chi connectivity index (χ2v) is 4.27. The molecule has 86 valence electrons. The average Bonchev–Trinajstić information content (AvgIpc) is 2.70. The number of nitrogens with zero attached hydrogens (tertiary/aromatic N) is 2. The van der Waals surface area contributed by atoms with Gasteiger partial charge in [0.25, 0.3) is 0 Å². The Bertz CT molecular complexity index is 582. The van der Waals surface area contributed by atoms with E-state index in [-0.39, 0.29) is 11.9 Å². The van der Waals surface area contributed by atoms with Gasteiger partial charge < -0.3 is 10.6 Å². The molecule has 4 nitrogen and oxygen atoms in total. The van der Waals surface area contributed by atoms with Gasteiger partial charge in [-0.2, -0.15) is 0 Å². The largest absolute Gasteiger partial charge is 0.320 e. The van der Waals surface area contributed by atoms with Gasteiger partial charge in [-0.05, 0) is 30.7 Å². The minimum Gasteiger partial charge on any atom is -0.320 e. The van der Waals surface area contributed by atoms with E-state index >= 15 is 0 Å². The normalized spacial score (nSPS) is 20.2. The molecule has 2 aromatic rings. The summed E-state index contributed by atoms with van der Waals surface area (Å²) < 4.78 is 0. The summed E-state index contributed by atoms with van der Waals surface area (Å²) >= 11 is 0. The molecule has 0 aliphatic carbocycles. The molecule has 0 spiro atoms. The van der Waals surface area contributed by atoms with Crippen molar-refractivity contribution >= 4 is 22.5 Å². The van der Waals surface area contributed by atoms with Crippen LogP contribution in [0.4, 0.5) is 5.69 Å². The first-order valence-corrected chi connectivity index (χ1v) is 5.67. The summed E-state index contributed by atoms with van der Waals surface area (Å²) in [4.78, 5) is 17.8. The van der Waals surface area contributed by atoms with Gasteiger partial charge in [0.2, 0.25) is 5.91 Å². The second kappa shape index (κ2) is 3.82. The van der Waals surface area contributed by atoms with Crippen molar-refractivity contribution in [1.82, 2.24) is 4.98 Å². The number of hydrogen-bond acceptors (Lipinski definition) is 3. The number of benzene rings is 1. The molecule has 1 atom stereocenters. The molecule has 1 unspecified atom stereocenters. The highest BCUT2D eigenvalue weighted by Crippen LogP contribution is 2.24. The fourth-order valence-electron chi connectivity index (χ4n) is 2.19. The maximum absolute atomic E-state index is 11.8. The fraction of sp³-hybridized carbons (Fsp3) is 0.231. The predicted molar refractivity (Wildman–Crippen MR) is 66.7 cm³/mol. The number of aromatic nitrogens is 1. The summed E-state index contributed by atoms with van der Waals surface area (Å²) in [5.74, 6) is 0.00763. The van der Waals surface area contributed by atoms with E-state index in [1.165, 1.54) is 0 Å². The number of pyridine rings is 1. The number of carbonyl (C=O) groups is 1. The predicted octanol–water partition coefficient (Wildman–Crippen LogP) is 1.30. The van der Waals surface area contributed by atoms with E-state index in [0.717, 1.165) is 23.0 Å². The summed E-state index contributed by atoms with van der Waals surface area (Å²) in [5, 5.41) is 1.04. The van der Waals surface area contributed by atoms with E-state index in [2.05, 4.69) is 4.98 Å². The molecule has 1 amide bonds. The third-order valence-electron chi connectivity index (χ3n) is 3.15. The van der Waals surface area contributed by atoms with Crippen LogP contribution in [0.25, 0.3) is 10.9 Å². The monoisotopic (exact) mass is 227 g/mol. The number of nitrogens with two attached hydrogens (primary N) is 1. The lowest BCUT2D eigenvalue weighted by molar-refractivity contribution is -0.118. The molecule has 0 bridgehead atoms. The van der Waals surface area contributed by atoms with E-state index < -0.39 is 0 Å². The molecule has 1 aromatic heterocycles. The smallest absolute Gasteiger partial charge is 0.243 e.